The molecule has 0 aliphatic carbocycles. The van der Waals surface area contributed by atoms with E-state index in [2.05, 4.69) is 17.4 Å². The molecule has 3 aromatic carbocycles. The van der Waals surface area contributed by atoms with E-state index in [1.165, 1.54) is 12.3 Å². The van der Waals surface area contributed by atoms with Gasteiger partial charge in [-0.1, -0.05) is 99.0 Å². The Bertz CT molecular complexity index is 1640. The number of methoxy groups -OCH3 is 2. The monoisotopic (exact) mass is 645 g/mol. The van der Waals surface area contributed by atoms with Crippen LogP contribution in [0.4, 0.5) is 0 Å². The second-order valence-corrected chi connectivity index (χ2v) is 11.4. The Labute approximate surface area is 274 Å². The highest BCUT2D eigenvalue weighted by Gasteiger charge is 2.49. The van der Waals surface area contributed by atoms with Crippen molar-refractivity contribution in [1.29, 1.82) is 0 Å². The number of aromatic nitrogens is 2. The fourth-order valence-corrected chi connectivity index (χ4v) is 6.08. The minimum atomic E-state index is -1.27. The van der Waals surface area contributed by atoms with E-state index in [0.717, 1.165) is 41.4 Å². The smallest absolute Gasteiger partial charge is 0.330 e. The number of hydrogen-bond donors (Lipinski definition) is 3. The first-order valence-electron chi connectivity index (χ1n) is 15.9. The zero-order valence-corrected chi connectivity index (χ0v) is 27.0. The van der Waals surface area contributed by atoms with Crippen LogP contribution in [0.25, 0.3) is 0 Å². The fraction of sp³-hybridized carbons (Fsp3) is 0.389. The van der Waals surface area contributed by atoms with E-state index in [0.29, 0.717) is 23.6 Å². The molecular weight excluding hydrogens is 602 g/mol. The number of H-pyrrole nitrogens is 1. The van der Waals surface area contributed by atoms with Gasteiger partial charge in [0.2, 0.25) is 0 Å². The number of aliphatic hydroxyl groups excluding tert-OH is 1. The molecule has 1 aliphatic heterocycles. The fourth-order valence-electron chi connectivity index (χ4n) is 6.08. The van der Waals surface area contributed by atoms with Crippen LogP contribution in [-0.2, 0) is 19.9 Å². The molecule has 1 aliphatic rings. The molecule has 4 aromatic rings. The molecule has 0 unspecified atom stereocenters. The summed E-state index contributed by atoms with van der Waals surface area (Å²) in [5.41, 5.74) is 2.82. The number of hydrogen-bond acceptors (Lipinski definition) is 9. The Morgan fingerprint density at radius 3 is 2.21 bits per heavy atom. The number of aliphatic hydroxyl groups is 1. The summed E-state index contributed by atoms with van der Waals surface area (Å²) in [6, 6.07) is 26.3. The zero-order valence-electron chi connectivity index (χ0n) is 27.0. The largest absolute Gasteiger partial charge is 0.493 e. The minimum absolute atomic E-state index is 0.0714. The number of ether oxygens (including phenoxy) is 4. The number of aromatic amines is 1. The van der Waals surface area contributed by atoms with Gasteiger partial charge in [-0.2, -0.15) is 0 Å². The van der Waals surface area contributed by atoms with E-state index in [9.17, 15) is 14.7 Å². The van der Waals surface area contributed by atoms with Crippen LogP contribution in [0.5, 0.6) is 11.5 Å². The lowest BCUT2D eigenvalue weighted by atomic mass is 9.79. The summed E-state index contributed by atoms with van der Waals surface area (Å²) in [5.74, 6) is 1.03. The number of unbranched alkanes of at least 4 members (excludes halogenated alkanes) is 3. The molecule has 5 rings (SSSR count). The van der Waals surface area contributed by atoms with Crippen molar-refractivity contribution in [1.82, 2.24) is 15.0 Å². The third-order valence-electron chi connectivity index (χ3n) is 8.39. The second-order valence-electron chi connectivity index (χ2n) is 11.4. The molecule has 1 aromatic heterocycles. The molecule has 0 saturated carbocycles. The minimum Gasteiger partial charge on any atom is -0.493 e. The summed E-state index contributed by atoms with van der Waals surface area (Å²) < 4.78 is 26.2. The lowest BCUT2D eigenvalue weighted by Crippen LogP contribution is -2.43. The standard InChI is InChI=1S/C36H43N3O8/c1-4-5-6-13-22-37-47-33-29(46-34(31(33)41)39-23-21-30(40)38-35(39)42)24-45-36(25-15-9-7-10-16-25,26-17-11-8-12-18-26)27-19-14-20-28(43-2)32(27)44-3/h7-12,14-21,23,29,31,33-34,37,41H,4-6,13,22,24H2,1-3H3,(H,38,40,42)/t29-,31-,33-,34-/m1/s1. The quantitative estimate of drug-likeness (QED) is 0.0927. The van der Waals surface area contributed by atoms with E-state index in [1.807, 2.05) is 78.9 Å². The average Bonchev–Trinajstić information content (AvgIpc) is 3.41. The van der Waals surface area contributed by atoms with Gasteiger partial charge in [0, 0.05) is 24.4 Å². The number of nitrogens with zero attached hydrogens (tertiary/aromatic N) is 1. The van der Waals surface area contributed by atoms with E-state index in [4.69, 9.17) is 23.8 Å². The maximum atomic E-state index is 12.8. The van der Waals surface area contributed by atoms with Gasteiger partial charge in [0.15, 0.2) is 17.7 Å². The number of hydroxylamine groups is 1. The first kappa shape index (κ1) is 34.1. The van der Waals surface area contributed by atoms with Gasteiger partial charge in [0.05, 0.1) is 20.8 Å². The summed E-state index contributed by atoms with van der Waals surface area (Å²) in [6.07, 6.45) is 1.25. The average molecular weight is 646 g/mol. The molecule has 4 atom stereocenters. The van der Waals surface area contributed by atoms with Crippen molar-refractivity contribution in [2.24, 2.45) is 0 Å². The highest BCUT2D eigenvalue weighted by Crippen LogP contribution is 2.48. The number of para-hydroxylation sites is 1. The van der Waals surface area contributed by atoms with Gasteiger partial charge in [0.1, 0.15) is 23.9 Å². The normalized spacial score (nSPS) is 19.5. The zero-order chi connectivity index (χ0) is 33.2. The molecule has 0 bridgehead atoms. The van der Waals surface area contributed by atoms with Crippen LogP contribution in [0.3, 0.4) is 0 Å². The summed E-state index contributed by atoms with van der Waals surface area (Å²) in [5, 5.41) is 11.5. The van der Waals surface area contributed by atoms with Crippen LogP contribution in [0.2, 0.25) is 0 Å². The first-order valence-corrected chi connectivity index (χ1v) is 15.9. The Hall–Kier alpha value is -4.26. The molecule has 0 spiro atoms. The molecule has 1 saturated heterocycles. The van der Waals surface area contributed by atoms with Gasteiger partial charge in [-0.05, 0) is 23.6 Å². The van der Waals surface area contributed by atoms with E-state index < -0.39 is 41.4 Å². The van der Waals surface area contributed by atoms with Gasteiger partial charge in [-0.15, -0.1) is 0 Å². The SMILES string of the molecule is CCCCCCNO[C@H]1[C@@H](O)[C@H](n2ccc(=O)[nH]c2=O)O[C@@H]1COC(c1ccccc1)(c1ccccc1)c1cccc(OC)c1OC. The van der Waals surface area contributed by atoms with Crippen LogP contribution in [-0.4, -0.2) is 60.3 Å². The topological polar surface area (TPSA) is 133 Å². The molecule has 0 radical (unpaired) electrons. The Kier molecular flexibility index (Phi) is 11.6. The maximum Gasteiger partial charge on any atom is 0.330 e. The molecule has 1 fully saturated rings. The van der Waals surface area contributed by atoms with Crippen molar-refractivity contribution >= 4 is 0 Å². The molecule has 11 heteroatoms. The summed E-state index contributed by atoms with van der Waals surface area (Å²) in [4.78, 5) is 32.8. The maximum absolute atomic E-state index is 12.8. The Morgan fingerprint density at radius 2 is 1.60 bits per heavy atom. The molecule has 250 valence electrons. The van der Waals surface area contributed by atoms with Crippen LogP contribution >= 0.6 is 0 Å². The predicted molar refractivity (Wildman–Crippen MR) is 177 cm³/mol. The number of nitrogens with one attached hydrogen (secondary N) is 2. The first-order chi connectivity index (χ1) is 22.9. The number of rotatable bonds is 16. The molecule has 47 heavy (non-hydrogen) atoms. The van der Waals surface area contributed by atoms with E-state index >= 15 is 0 Å². The van der Waals surface area contributed by atoms with Gasteiger partial charge in [-0.25, -0.2) is 10.3 Å². The summed E-state index contributed by atoms with van der Waals surface area (Å²) in [6.45, 7) is 2.64. The van der Waals surface area contributed by atoms with Crippen LogP contribution < -0.4 is 26.2 Å². The Balaban J connectivity index is 1.56. The van der Waals surface area contributed by atoms with E-state index in [-0.39, 0.29) is 6.61 Å². The number of benzene rings is 3. The van der Waals surface area contributed by atoms with Crippen LogP contribution in [0.15, 0.2) is 101 Å². The van der Waals surface area contributed by atoms with E-state index in [1.54, 1.807) is 14.2 Å². The van der Waals surface area contributed by atoms with Crippen molar-refractivity contribution in [2.75, 3.05) is 27.4 Å². The summed E-state index contributed by atoms with van der Waals surface area (Å²) >= 11 is 0. The lowest BCUT2D eigenvalue weighted by molar-refractivity contribution is -0.123. The Morgan fingerprint density at radius 1 is 0.894 bits per heavy atom. The third kappa shape index (κ3) is 7.34. The van der Waals surface area contributed by atoms with Gasteiger partial charge in [0.25, 0.3) is 5.56 Å². The van der Waals surface area contributed by atoms with Gasteiger partial charge >= 0.3 is 5.69 Å². The molecular formula is C36H43N3O8. The van der Waals surface area contributed by atoms with Crippen molar-refractivity contribution in [3.8, 4) is 11.5 Å². The molecule has 0 amide bonds. The molecule has 3 N–H and O–H groups in total. The summed E-state index contributed by atoms with van der Waals surface area (Å²) in [7, 11) is 3.17. The van der Waals surface area contributed by atoms with Gasteiger partial charge < -0.3 is 24.1 Å². The van der Waals surface area contributed by atoms with Crippen molar-refractivity contribution in [2.45, 2.75) is 62.7 Å². The van der Waals surface area contributed by atoms with Gasteiger partial charge in [-0.3, -0.25) is 19.2 Å². The second kappa shape index (κ2) is 16.0. The molecule has 2 heterocycles. The predicted octanol–water partition coefficient (Wildman–Crippen LogP) is 4.29. The molecule has 11 nitrogen and oxygen atoms in total. The van der Waals surface area contributed by atoms with Crippen LogP contribution in [0, 0.1) is 0 Å². The highest BCUT2D eigenvalue weighted by molar-refractivity contribution is 5.57. The van der Waals surface area contributed by atoms with Crippen molar-refractivity contribution in [3.05, 3.63) is 129 Å². The van der Waals surface area contributed by atoms with Crippen molar-refractivity contribution < 1.29 is 28.9 Å². The third-order valence-corrected chi connectivity index (χ3v) is 8.39. The van der Waals surface area contributed by atoms with Crippen LogP contribution in [0.1, 0.15) is 55.5 Å². The highest BCUT2D eigenvalue weighted by atomic mass is 16.7. The lowest BCUT2D eigenvalue weighted by Gasteiger charge is -2.38. The van der Waals surface area contributed by atoms with Crippen molar-refractivity contribution in [3.63, 3.8) is 0 Å².